The molecule has 3 aromatic rings. The summed E-state index contributed by atoms with van der Waals surface area (Å²) in [6, 6.07) is 26.7. The Morgan fingerprint density at radius 3 is 2.29 bits per heavy atom. The number of likely N-dealkylation sites (tertiary alicyclic amines) is 1. The lowest BCUT2D eigenvalue weighted by atomic mass is 9.85. The fraction of sp³-hybridized carbons (Fsp3) is 0.355. The molecule has 2 heterocycles. The van der Waals surface area contributed by atoms with Crippen molar-refractivity contribution in [1.29, 1.82) is 0 Å². The van der Waals surface area contributed by atoms with E-state index in [-0.39, 0.29) is 11.5 Å². The van der Waals surface area contributed by atoms with Crippen molar-refractivity contribution in [3.63, 3.8) is 0 Å². The summed E-state index contributed by atoms with van der Waals surface area (Å²) in [6.45, 7) is 3.39. The van der Waals surface area contributed by atoms with Gasteiger partial charge in [-0.2, -0.15) is 0 Å². The number of hydrogen-bond acceptors (Lipinski definition) is 5. The van der Waals surface area contributed by atoms with Crippen LogP contribution in [0, 0.1) is 0 Å². The first-order chi connectivity index (χ1) is 18.5. The number of carbonyl (C=O) groups is 2. The van der Waals surface area contributed by atoms with Crippen molar-refractivity contribution in [1.82, 2.24) is 9.80 Å². The first-order valence-electron chi connectivity index (χ1n) is 13.4. The van der Waals surface area contributed by atoms with E-state index in [0.717, 1.165) is 55.7 Å². The average molecular weight is 514 g/mol. The second-order valence-electron chi connectivity index (χ2n) is 10.4. The smallest absolute Gasteiger partial charge is 0.335 e. The van der Waals surface area contributed by atoms with E-state index in [0.29, 0.717) is 19.6 Å². The fourth-order valence-electron chi connectivity index (χ4n) is 5.84. The van der Waals surface area contributed by atoms with Gasteiger partial charge in [-0.15, -0.1) is 0 Å². The summed E-state index contributed by atoms with van der Waals surface area (Å²) in [7, 11) is 0. The monoisotopic (exact) mass is 513 g/mol. The molecule has 3 aromatic carbocycles. The van der Waals surface area contributed by atoms with Crippen LogP contribution in [0.5, 0.6) is 0 Å². The van der Waals surface area contributed by atoms with Crippen molar-refractivity contribution in [2.24, 2.45) is 0 Å². The quantitative estimate of drug-likeness (QED) is 0.437. The van der Waals surface area contributed by atoms with Gasteiger partial charge in [0.15, 0.2) is 0 Å². The third-order valence-electron chi connectivity index (χ3n) is 7.95. The zero-order valence-electron chi connectivity index (χ0n) is 21.6. The van der Waals surface area contributed by atoms with Gasteiger partial charge in [0.1, 0.15) is 5.54 Å². The van der Waals surface area contributed by atoms with E-state index >= 15 is 0 Å². The van der Waals surface area contributed by atoms with Crippen LogP contribution in [0.2, 0.25) is 0 Å². The van der Waals surface area contributed by atoms with E-state index in [9.17, 15) is 19.8 Å². The number of piperidine rings is 1. The molecule has 1 spiro atoms. The molecule has 2 saturated heterocycles. The molecule has 0 aromatic heterocycles. The number of aromatic carboxylic acids is 1. The first kappa shape index (κ1) is 25.9. The lowest BCUT2D eigenvalue weighted by Gasteiger charge is -2.43. The Labute approximate surface area is 223 Å². The number of carbonyl (C=O) groups excluding carboxylic acids is 1. The molecule has 7 heteroatoms. The number of nitrogens with zero attached hydrogens (tertiary/aromatic N) is 3. The van der Waals surface area contributed by atoms with Gasteiger partial charge in [-0.05, 0) is 67.6 Å². The number of carboxylic acid groups (broad SMARTS) is 1. The topological polar surface area (TPSA) is 84.3 Å². The van der Waals surface area contributed by atoms with Crippen LogP contribution in [0.15, 0.2) is 84.9 Å². The largest absolute Gasteiger partial charge is 0.478 e. The Hall–Kier alpha value is -3.68. The van der Waals surface area contributed by atoms with Gasteiger partial charge >= 0.3 is 5.97 Å². The highest BCUT2D eigenvalue weighted by molar-refractivity contribution is 5.93. The van der Waals surface area contributed by atoms with Crippen molar-refractivity contribution < 1.29 is 19.8 Å². The minimum absolute atomic E-state index is 0.112. The minimum Gasteiger partial charge on any atom is -0.478 e. The molecule has 0 aliphatic carbocycles. The third kappa shape index (κ3) is 5.44. The molecule has 1 amide bonds. The lowest BCUT2D eigenvalue weighted by molar-refractivity contribution is -0.134. The highest BCUT2D eigenvalue weighted by Crippen LogP contribution is 2.40. The SMILES string of the molecule is O=C(O)c1cccc(CN2CN(c3ccccc3)C3(CCN(CCCC(O)c4ccccc4)CC3)C2=O)c1. The molecule has 0 saturated carbocycles. The summed E-state index contributed by atoms with van der Waals surface area (Å²) in [5, 5.41) is 19.9. The molecule has 0 bridgehead atoms. The van der Waals surface area contributed by atoms with Gasteiger partial charge in [-0.25, -0.2) is 4.79 Å². The second-order valence-corrected chi connectivity index (χ2v) is 10.4. The van der Waals surface area contributed by atoms with Crippen LogP contribution < -0.4 is 4.90 Å². The van der Waals surface area contributed by atoms with Crippen LogP contribution in [0.4, 0.5) is 5.69 Å². The molecule has 198 valence electrons. The fourth-order valence-corrected chi connectivity index (χ4v) is 5.84. The average Bonchev–Trinajstić information content (AvgIpc) is 3.21. The van der Waals surface area contributed by atoms with Crippen molar-refractivity contribution >= 4 is 17.6 Å². The van der Waals surface area contributed by atoms with E-state index in [2.05, 4.69) is 21.9 Å². The molecule has 38 heavy (non-hydrogen) atoms. The van der Waals surface area contributed by atoms with Crippen LogP contribution in [0.25, 0.3) is 0 Å². The van der Waals surface area contributed by atoms with E-state index in [1.54, 1.807) is 18.2 Å². The van der Waals surface area contributed by atoms with Gasteiger partial charge in [-0.1, -0.05) is 60.7 Å². The highest BCUT2D eigenvalue weighted by atomic mass is 16.4. The molecule has 5 rings (SSSR count). The van der Waals surface area contributed by atoms with Gasteiger partial charge in [0.05, 0.1) is 18.3 Å². The van der Waals surface area contributed by atoms with E-state index < -0.39 is 17.6 Å². The molecule has 2 aliphatic heterocycles. The number of amides is 1. The first-order valence-corrected chi connectivity index (χ1v) is 13.4. The van der Waals surface area contributed by atoms with E-state index in [1.807, 2.05) is 59.5 Å². The summed E-state index contributed by atoms with van der Waals surface area (Å²) in [4.78, 5) is 31.9. The Morgan fingerprint density at radius 1 is 0.921 bits per heavy atom. The number of anilines is 1. The zero-order valence-corrected chi connectivity index (χ0v) is 21.6. The van der Waals surface area contributed by atoms with Crippen molar-refractivity contribution in [2.75, 3.05) is 31.2 Å². The summed E-state index contributed by atoms with van der Waals surface area (Å²) < 4.78 is 0. The maximum atomic E-state index is 14.0. The summed E-state index contributed by atoms with van der Waals surface area (Å²) in [5.41, 5.74) is 2.43. The van der Waals surface area contributed by atoms with Crippen LogP contribution in [0.3, 0.4) is 0 Å². The Balaban J connectivity index is 1.26. The summed E-state index contributed by atoms with van der Waals surface area (Å²) in [5.74, 6) is -0.855. The number of carboxylic acids is 1. The molecule has 2 fully saturated rings. The van der Waals surface area contributed by atoms with Crippen molar-refractivity contribution in [3.8, 4) is 0 Å². The minimum atomic E-state index is -0.967. The van der Waals surface area contributed by atoms with Crippen LogP contribution >= 0.6 is 0 Å². The molecular weight excluding hydrogens is 478 g/mol. The maximum absolute atomic E-state index is 14.0. The summed E-state index contributed by atoms with van der Waals surface area (Å²) >= 11 is 0. The molecule has 1 unspecified atom stereocenters. The van der Waals surface area contributed by atoms with Gasteiger partial charge in [0.2, 0.25) is 5.91 Å². The number of para-hydroxylation sites is 1. The molecular formula is C31H35N3O4. The maximum Gasteiger partial charge on any atom is 0.335 e. The Morgan fingerprint density at radius 2 is 1.61 bits per heavy atom. The van der Waals surface area contributed by atoms with Crippen molar-refractivity contribution in [2.45, 2.75) is 43.9 Å². The van der Waals surface area contributed by atoms with Gasteiger partial charge in [0.25, 0.3) is 0 Å². The Bertz CT molecular complexity index is 1240. The normalized spacial score (nSPS) is 18.2. The van der Waals surface area contributed by atoms with E-state index in [1.165, 1.54) is 0 Å². The lowest BCUT2D eigenvalue weighted by Crippen LogP contribution is -2.56. The molecule has 0 radical (unpaired) electrons. The molecule has 2 aliphatic rings. The van der Waals surface area contributed by atoms with Gasteiger partial charge in [0, 0.05) is 25.3 Å². The summed E-state index contributed by atoms with van der Waals surface area (Å²) in [6.07, 6.45) is 2.61. The molecule has 1 atom stereocenters. The number of aliphatic hydroxyl groups excluding tert-OH is 1. The number of aliphatic hydroxyl groups is 1. The molecule has 2 N–H and O–H groups in total. The van der Waals surface area contributed by atoms with Gasteiger partial charge < -0.3 is 24.9 Å². The van der Waals surface area contributed by atoms with Crippen molar-refractivity contribution in [3.05, 3.63) is 102 Å². The van der Waals surface area contributed by atoms with E-state index in [4.69, 9.17) is 0 Å². The number of hydrogen-bond donors (Lipinski definition) is 2. The second kappa shape index (κ2) is 11.4. The standard InChI is InChI=1S/C31H35N3O4/c35-28(25-10-3-1-4-11-25)15-8-18-32-19-16-31(17-20-32)30(38)33(23-34(31)27-13-5-2-6-14-27)22-24-9-7-12-26(21-24)29(36)37/h1-7,9-14,21,28,35H,8,15-20,22-23H2,(H,36,37). The van der Waals surface area contributed by atoms with Crippen LogP contribution in [-0.4, -0.2) is 63.7 Å². The third-order valence-corrected chi connectivity index (χ3v) is 7.95. The predicted molar refractivity (Wildman–Crippen MR) is 147 cm³/mol. The predicted octanol–water partition coefficient (Wildman–Crippen LogP) is 4.54. The van der Waals surface area contributed by atoms with Crippen LogP contribution in [0.1, 0.15) is 53.3 Å². The molecule has 7 nitrogen and oxygen atoms in total. The van der Waals surface area contributed by atoms with Crippen LogP contribution in [-0.2, 0) is 11.3 Å². The Kier molecular flexibility index (Phi) is 7.77. The number of benzene rings is 3. The van der Waals surface area contributed by atoms with Gasteiger partial charge in [-0.3, -0.25) is 4.79 Å². The highest BCUT2D eigenvalue weighted by Gasteiger charge is 2.53. The number of rotatable bonds is 9. The zero-order chi connectivity index (χ0) is 26.5.